The van der Waals surface area contributed by atoms with Crippen molar-refractivity contribution >= 4 is 16.8 Å². The molecule has 3 nitrogen and oxygen atoms in total. The summed E-state index contributed by atoms with van der Waals surface area (Å²) < 4.78 is 0. The molecule has 1 unspecified atom stereocenters. The third kappa shape index (κ3) is 2.63. The standard InChI is InChI=1S/C16H18N2O/c1-5-6-10(2)17-16(19)13-7-8-15-14(9-13)11(3)12(4)18-15/h1,7-10,18H,6H2,2-4H3,(H,17,19). The highest BCUT2D eigenvalue weighted by atomic mass is 16.1. The number of aryl methyl sites for hydroxylation is 2. The Morgan fingerprint density at radius 2 is 2.21 bits per heavy atom. The minimum absolute atomic E-state index is 0.0118. The second kappa shape index (κ2) is 5.19. The van der Waals surface area contributed by atoms with Gasteiger partial charge in [0.15, 0.2) is 0 Å². The summed E-state index contributed by atoms with van der Waals surface area (Å²) in [5.41, 5.74) is 4.04. The first kappa shape index (κ1) is 13.2. The number of benzene rings is 1. The summed E-state index contributed by atoms with van der Waals surface area (Å²) in [7, 11) is 0. The lowest BCUT2D eigenvalue weighted by molar-refractivity contribution is 0.0941. The van der Waals surface area contributed by atoms with Crippen molar-refractivity contribution in [2.75, 3.05) is 0 Å². The van der Waals surface area contributed by atoms with Gasteiger partial charge in [-0.3, -0.25) is 4.79 Å². The van der Waals surface area contributed by atoms with Gasteiger partial charge in [-0.15, -0.1) is 12.3 Å². The fraction of sp³-hybridized carbons (Fsp3) is 0.312. The van der Waals surface area contributed by atoms with E-state index in [1.54, 1.807) is 0 Å². The molecular weight excluding hydrogens is 236 g/mol. The zero-order valence-corrected chi connectivity index (χ0v) is 11.5. The van der Waals surface area contributed by atoms with Gasteiger partial charge in [0.25, 0.3) is 5.91 Å². The molecule has 0 saturated carbocycles. The number of amides is 1. The number of aromatic nitrogens is 1. The maximum absolute atomic E-state index is 12.1. The Morgan fingerprint density at radius 3 is 2.89 bits per heavy atom. The number of rotatable bonds is 3. The van der Waals surface area contributed by atoms with E-state index in [0.717, 1.165) is 16.6 Å². The van der Waals surface area contributed by atoms with Gasteiger partial charge in [-0.05, 0) is 44.5 Å². The van der Waals surface area contributed by atoms with Gasteiger partial charge in [0.2, 0.25) is 0 Å². The zero-order valence-electron chi connectivity index (χ0n) is 11.5. The number of hydrogen-bond acceptors (Lipinski definition) is 1. The Labute approximate surface area is 113 Å². The first-order valence-corrected chi connectivity index (χ1v) is 6.36. The van der Waals surface area contributed by atoms with E-state index in [-0.39, 0.29) is 11.9 Å². The van der Waals surface area contributed by atoms with Crippen molar-refractivity contribution in [1.29, 1.82) is 0 Å². The summed E-state index contributed by atoms with van der Waals surface area (Å²) in [4.78, 5) is 15.4. The van der Waals surface area contributed by atoms with Gasteiger partial charge in [0.1, 0.15) is 0 Å². The van der Waals surface area contributed by atoms with E-state index >= 15 is 0 Å². The third-order valence-corrected chi connectivity index (χ3v) is 3.37. The first-order chi connectivity index (χ1) is 9.02. The van der Waals surface area contributed by atoms with Crippen molar-refractivity contribution in [3.05, 3.63) is 35.0 Å². The van der Waals surface area contributed by atoms with Crippen molar-refractivity contribution in [2.24, 2.45) is 0 Å². The number of carbonyl (C=O) groups is 1. The molecule has 19 heavy (non-hydrogen) atoms. The van der Waals surface area contributed by atoms with Crippen LogP contribution in [0, 0.1) is 26.2 Å². The lowest BCUT2D eigenvalue weighted by atomic mass is 10.1. The fourth-order valence-electron chi connectivity index (χ4n) is 2.14. The highest BCUT2D eigenvalue weighted by Crippen LogP contribution is 2.22. The molecule has 1 atom stereocenters. The van der Waals surface area contributed by atoms with Crippen molar-refractivity contribution in [1.82, 2.24) is 10.3 Å². The predicted octanol–water partition coefficient (Wildman–Crippen LogP) is 2.93. The van der Waals surface area contributed by atoms with E-state index in [0.29, 0.717) is 12.0 Å². The molecule has 0 aliphatic rings. The Hall–Kier alpha value is -2.21. The fourth-order valence-corrected chi connectivity index (χ4v) is 2.14. The molecule has 0 bridgehead atoms. The minimum Gasteiger partial charge on any atom is -0.358 e. The number of H-pyrrole nitrogens is 1. The van der Waals surface area contributed by atoms with Crippen LogP contribution in [-0.2, 0) is 0 Å². The molecule has 1 amide bonds. The van der Waals surface area contributed by atoms with Crippen LogP contribution in [-0.4, -0.2) is 16.9 Å². The smallest absolute Gasteiger partial charge is 0.251 e. The highest BCUT2D eigenvalue weighted by molar-refractivity contribution is 5.99. The van der Waals surface area contributed by atoms with E-state index in [1.165, 1.54) is 5.56 Å². The minimum atomic E-state index is -0.0806. The highest BCUT2D eigenvalue weighted by Gasteiger charge is 2.11. The van der Waals surface area contributed by atoms with Crippen LogP contribution in [0.15, 0.2) is 18.2 Å². The molecule has 0 aliphatic heterocycles. The molecular formula is C16H18N2O. The molecule has 0 fully saturated rings. The van der Waals surface area contributed by atoms with Gasteiger partial charge in [-0.2, -0.15) is 0 Å². The third-order valence-electron chi connectivity index (χ3n) is 3.37. The van der Waals surface area contributed by atoms with E-state index in [4.69, 9.17) is 6.42 Å². The maximum atomic E-state index is 12.1. The van der Waals surface area contributed by atoms with Crippen molar-refractivity contribution < 1.29 is 4.79 Å². The van der Waals surface area contributed by atoms with Crippen LogP contribution in [0.25, 0.3) is 10.9 Å². The van der Waals surface area contributed by atoms with Crippen molar-refractivity contribution in [2.45, 2.75) is 33.2 Å². The van der Waals surface area contributed by atoms with Crippen LogP contribution in [0.1, 0.15) is 35.0 Å². The molecule has 2 rings (SSSR count). The summed E-state index contributed by atoms with van der Waals surface area (Å²) in [6.45, 7) is 5.99. The first-order valence-electron chi connectivity index (χ1n) is 6.36. The van der Waals surface area contributed by atoms with Crippen molar-refractivity contribution in [3.63, 3.8) is 0 Å². The molecule has 1 aromatic carbocycles. The number of aromatic amines is 1. The van der Waals surface area contributed by atoms with Gasteiger partial charge in [-0.25, -0.2) is 0 Å². The Kier molecular flexibility index (Phi) is 3.62. The van der Waals surface area contributed by atoms with Gasteiger partial charge < -0.3 is 10.3 Å². The van der Waals surface area contributed by atoms with Crippen LogP contribution < -0.4 is 5.32 Å². The molecule has 1 aromatic heterocycles. The molecule has 2 N–H and O–H groups in total. The molecule has 0 spiro atoms. The summed E-state index contributed by atoms with van der Waals surface area (Å²) in [5.74, 6) is 2.47. The van der Waals surface area contributed by atoms with E-state index in [1.807, 2.05) is 32.0 Å². The van der Waals surface area contributed by atoms with Crippen LogP contribution in [0.4, 0.5) is 0 Å². The summed E-state index contributed by atoms with van der Waals surface area (Å²) in [6.07, 6.45) is 5.77. The van der Waals surface area contributed by atoms with Crippen molar-refractivity contribution in [3.8, 4) is 12.3 Å². The topological polar surface area (TPSA) is 44.9 Å². The van der Waals surface area contributed by atoms with Gasteiger partial charge in [0.05, 0.1) is 0 Å². The van der Waals surface area contributed by atoms with E-state index in [9.17, 15) is 4.79 Å². The van der Waals surface area contributed by atoms with Crippen LogP contribution >= 0.6 is 0 Å². The monoisotopic (exact) mass is 254 g/mol. The average molecular weight is 254 g/mol. The lowest BCUT2D eigenvalue weighted by Gasteiger charge is -2.10. The largest absolute Gasteiger partial charge is 0.358 e. The second-order valence-corrected chi connectivity index (χ2v) is 4.92. The molecule has 0 radical (unpaired) electrons. The number of fused-ring (bicyclic) bond motifs is 1. The molecule has 3 heteroatoms. The normalized spacial score (nSPS) is 12.1. The zero-order chi connectivity index (χ0) is 14.0. The Balaban J connectivity index is 2.28. The van der Waals surface area contributed by atoms with E-state index in [2.05, 4.69) is 23.1 Å². The second-order valence-electron chi connectivity index (χ2n) is 4.92. The molecule has 1 heterocycles. The number of carbonyl (C=O) groups excluding carboxylic acids is 1. The van der Waals surface area contributed by atoms with Crippen LogP contribution in [0.3, 0.4) is 0 Å². The number of nitrogens with one attached hydrogen (secondary N) is 2. The Morgan fingerprint density at radius 1 is 1.47 bits per heavy atom. The van der Waals surface area contributed by atoms with Gasteiger partial charge >= 0.3 is 0 Å². The molecule has 0 aliphatic carbocycles. The molecule has 98 valence electrons. The molecule has 2 aromatic rings. The Bertz CT molecular complexity index is 661. The van der Waals surface area contributed by atoms with Crippen LogP contribution in [0.2, 0.25) is 0 Å². The number of hydrogen-bond donors (Lipinski definition) is 2. The van der Waals surface area contributed by atoms with Gasteiger partial charge in [0, 0.05) is 34.6 Å². The number of terminal acetylenes is 1. The summed E-state index contributed by atoms with van der Waals surface area (Å²) in [5, 5.41) is 3.99. The average Bonchev–Trinajstić information content (AvgIpc) is 2.65. The van der Waals surface area contributed by atoms with E-state index < -0.39 is 0 Å². The van der Waals surface area contributed by atoms with Crippen LogP contribution in [0.5, 0.6) is 0 Å². The quantitative estimate of drug-likeness (QED) is 0.813. The summed E-state index contributed by atoms with van der Waals surface area (Å²) >= 11 is 0. The lowest BCUT2D eigenvalue weighted by Crippen LogP contribution is -2.32. The molecule has 0 saturated heterocycles. The van der Waals surface area contributed by atoms with Gasteiger partial charge in [-0.1, -0.05) is 0 Å². The predicted molar refractivity (Wildman–Crippen MR) is 78.2 cm³/mol. The SMILES string of the molecule is C#CCC(C)NC(=O)c1ccc2[nH]c(C)c(C)c2c1. The summed E-state index contributed by atoms with van der Waals surface area (Å²) in [6, 6.07) is 5.68. The maximum Gasteiger partial charge on any atom is 0.251 e.